The quantitative estimate of drug-likeness (QED) is 0.856. The molecule has 3 rings (SSSR count). The highest BCUT2D eigenvalue weighted by atomic mass is 16.2. The van der Waals surface area contributed by atoms with Crippen LogP contribution in [0.2, 0.25) is 0 Å². The van der Waals surface area contributed by atoms with Gasteiger partial charge in [-0.3, -0.25) is 9.89 Å². The summed E-state index contributed by atoms with van der Waals surface area (Å²) in [5.41, 5.74) is 3.20. The summed E-state index contributed by atoms with van der Waals surface area (Å²) in [5.74, 6) is 0.794. The molecular formula is C19H26N4O. The Morgan fingerprint density at radius 1 is 1.29 bits per heavy atom. The van der Waals surface area contributed by atoms with Crippen molar-refractivity contribution in [1.82, 2.24) is 20.4 Å². The molecule has 0 bridgehead atoms. The van der Waals surface area contributed by atoms with Crippen LogP contribution in [0.15, 0.2) is 36.7 Å². The van der Waals surface area contributed by atoms with Crippen molar-refractivity contribution in [1.29, 1.82) is 0 Å². The molecule has 1 aromatic carbocycles. The Kier molecular flexibility index (Phi) is 5.64. The van der Waals surface area contributed by atoms with Crippen LogP contribution in [0.1, 0.15) is 34.3 Å². The number of nitrogens with zero attached hydrogens (tertiary/aromatic N) is 2. The number of aromatic nitrogens is 2. The van der Waals surface area contributed by atoms with Crippen molar-refractivity contribution in [3.05, 3.63) is 53.3 Å². The van der Waals surface area contributed by atoms with Crippen molar-refractivity contribution in [2.24, 2.45) is 5.92 Å². The van der Waals surface area contributed by atoms with E-state index in [9.17, 15) is 4.79 Å². The van der Waals surface area contributed by atoms with E-state index in [0.717, 1.165) is 43.0 Å². The molecule has 1 fully saturated rings. The fraction of sp³-hybridized carbons (Fsp3) is 0.474. The smallest absolute Gasteiger partial charge is 0.253 e. The fourth-order valence-corrected chi connectivity index (χ4v) is 3.25. The number of carbonyl (C=O) groups excluding carboxylic acids is 1. The van der Waals surface area contributed by atoms with Crippen molar-refractivity contribution in [3.8, 4) is 0 Å². The summed E-state index contributed by atoms with van der Waals surface area (Å²) < 4.78 is 0. The Hall–Kier alpha value is -2.14. The summed E-state index contributed by atoms with van der Waals surface area (Å²) in [6.07, 6.45) is 8.14. The van der Waals surface area contributed by atoms with E-state index in [0.29, 0.717) is 6.54 Å². The van der Waals surface area contributed by atoms with Crippen LogP contribution in [0.25, 0.3) is 0 Å². The Bertz CT molecular complexity index is 630. The van der Waals surface area contributed by atoms with Gasteiger partial charge in [0.2, 0.25) is 0 Å². The first-order valence-electron chi connectivity index (χ1n) is 8.75. The molecular weight excluding hydrogens is 300 g/mol. The van der Waals surface area contributed by atoms with Crippen molar-refractivity contribution in [2.75, 3.05) is 26.7 Å². The van der Waals surface area contributed by atoms with Crippen LogP contribution in [0.3, 0.4) is 0 Å². The second kappa shape index (κ2) is 8.11. The molecule has 0 spiro atoms. The number of hydrogen-bond acceptors (Lipinski definition) is 3. The van der Waals surface area contributed by atoms with E-state index in [-0.39, 0.29) is 5.91 Å². The summed E-state index contributed by atoms with van der Waals surface area (Å²) in [6, 6.07) is 8.13. The highest BCUT2D eigenvalue weighted by molar-refractivity contribution is 5.94. The van der Waals surface area contributed by atoms with E-state index in [1.807, 2.05) is 25.4 Å². The summed E-state index contributed by atoms with van der Waals surface area (Å²) in [4.78, 5) is 14.3. The number of piperidine rings is 1. The van der Waals surface area contributed by atoms with Crippen LogP contribution in [0.4, 0.5) is 0 Å². The van der Waals surface area contributed by atoms with Gasteiger partial charge in [-0.1, -0.05) is 12.1 Å². The van der Waals surface area contributed by atoms with Gasteiger partial charge in [-0.2, -0.15) is 5.10 Å². The van der Waals surface area contributed by atoms with Crippen LogP contribution in [0.5, 0.6) is 0 Å². The number of nitrogens with one attached hydrogen (secondary N) is 2. The highest BCUT2D eigenvalue weighted by Gasteiger charge is 2.15. The van der Waals surface area contributed by atoms with Crippen molar-refractivity contribution in [2.45, 2.75) is 25.7 Å². The van der Waals surface area contributed by atoms with Crippen molar-refractivity contribution in [3.63, 3.8) is 0 Å². The maximum Gasteiger partial charge on any atom is 0.253 e. The topological polar surface area (TPSA) is 61.0 Å². The lowest BCUT2D eigenvalue weighted by Crippen LogP contribution is -2.31. The lowest BCUT2D eigenvalue weighted by molar-refractivity contribution is 0.0796. The fourth-order valence-electron chi connectivity index (χ4n) is 3.25. The third-order valence-electron chi connectivity index (χ3n) is 4.76. The number of benzene rings is 1. The number of hydrogen-bond donors (Lipinski definition) is 2. The predicted molar refractivity (Wildman–Crippen MR) is 95.0 cm³/mol. The van der Waals surface area contributed by atoms with Gasteiger partial charge < -0.3 is 10.2 Å². The number of carbonyl (C=O) groups is 1. The van der Waals surface area contributed by atoms with Gasteiger partial charge in [-0.05, 0) is 68.0 Å². The maximum atomic E-state index is 12.5. The minimum Gasteiger partial charge on any atom is -0.341 e. The molecule has 5 heteroatoms. The second-order valence-corrected chi connectivity index (χ2v) is 6.70. The third-order valence-corrected chi connectivity index (χ3v) is 4.76. The summed E-state index contributed by atoms with van der Waals surface area (Å²) in [5, 5.41) is 10.2. The summed E-state index contributed by atoms with van der Waals surface area (Å²) in [7, 11) is 1.85. The Morgan fingerprint density at radius 2 is 2.12 bits per heavy atom. The van der Waals surface area contributed by atoms with Crippen LogP contribution >= 0.6 is 0 Å². The highest BCUT2D eigenvalue weighted by Crippen LogP contribution is 2.17. The van der Waals surface area contributed by atoms with Gasteiger partial charge in [0.25, 0.3) is 5.91 Å². The molecule has 5 nitrogen and oxygen atoms in total. The molecule has 1 aliphatic heterocycles. The average Bonchev–Trinajstić information content (AvgIpc) is 3.14. The van der Waals surface area contributed by atoms with Gasteiger partial charge in [0, 0.05) is 25.4 Å². The van der Waals surface area contributed by atoms with Gasteiger partial charge in [-0.15, -0.1) is 0 Å². The molecule has 1 aliphatic rings. The van der Waals surface area contributed by atoms with E-state index < -0.39 is 0 Å². The van der Waals surface area contributed by atoms with E-state index in [1.54, 1.807) is 11.1 Å². The number of likely N-dealkylation sites (N-methyl/N-ethyl adjacent to an activating group) is 1. The van der Waals surface area contributed by atoms with Crippen LogP contribution < -0.4 is 5.32 Å². The van der Waals surface area contributed by atoms with E-state index in [4.69, 9.17) is 0 Å². The molecule has 1 aromatic heterocycles. The number of rotatable bonds is 6. The van der Waals surface area contributed by atoms with E-state index in [1.165, 1.54) is 18.4 Å². The largest absolute Gasteiger partial charge is 0.341 e. The standard InChI is InChI=1S/C19H26N4O/c1-23(10-8-17-13-21-22-14-17)19(24)18-6-4-15(5-7-18)11-16-3-2-9-20-12-16/h4-7,13-14,16,20H,2-3,8-12H2,1H3,(H,21,22)/t16-/m1/s1. The average molecular weight is 326 g/mol. The Balaban J connectivity index is 1.52. The monoisotopic (exact) mass is 326 g/mol. The SMILES string of the molecule is CN(CCc1cn[nH]c1)C(=O)c1ccc(C[C@H]2CCCNC2)cc1. The first-order valence-corrected chi connectivity index (χ1v) is 8.75. The van der Waals surface area contributed by atoms with Crippen LogP contribution in [-0.4, -0.2) is 47.7 Å². The maximum absolute atomic E-state index is 12.5. The molecule has 0 aliphatic carbocycles. The van der Waals surface area contributed by atoms with E-state index >= 15 is 0 Å². The Labute approximate surface area is 143 Å². The van der Waals surface area contributed by atoms with Gasteiger partial charge in [0.15, 0.2) is 0 Å². The molecule has 1 atom stereocenters. The first kappa shape index (κ1) is 16.7. The first-order chi connectivity index (χ1) is 11.7. The summed E-state index contributed by atoms with van der Waals surface area (Å²) >= 11 is 0. The molecule has 24 heavy (non-hydrogen) atoms. The normalized spacial score (nSPS) is 17.6. The zero-order valence-electron chi connectivity index (χ0n) is 14.3. The lowest BCUT2D eigenvalue weighted by atomic mass is 9.92. The van der Waals surface area contributed by atoms with Gasteiger partial charge in [-0.25, -0.2) is 0 Å². The minimum atomic E-state index is 0.0735. The lowest BCUT2D eigenvalue weighted by Gasteiger charge is -2.22. The molecule has 128 valence electrons. The van der Waals surface area contributed by atoms with Crippen molar-refractivity contribution >= 4 is 5.91 Å². The third kappa shape index (κ3) is 4.45. The predicted octanol–water partition coefficient (Wildman–Crippen LogP) is 2.27. The number of amides is 1. The number of H-pyrrole nitrogens is 1. The second-order valence-electron chi connectivity index (χ2n) is 6.70. The Morgan fingerprint density at radius 3 is 2.79 bits per heavy atom. The zero-order valence-corrected chi connectivity index (χ0v) is 14.3. The molecule has 1 amide bonds. The summed E-state index contributed by atoms with van der Waals surface area (Å²) in [6.45, 7) is 2.94. The molecule has 2 heterocycles. The van der Waals surface area contributed by atoms with Crippen LogP contribution in [-0.2, 0) is 12.8 Å². The molecule has 0 unspecified atom stereocenters. The zero-order chi connectivity index (χ0) is 16.8. The molecule has 0 radical (unpaired) electrons. The molecule has 0 saturated carbocycles. The molecule has 2 N–H and O–H groups in total. The van der Waals surface area contributed by atoms with Gasteiger partial charge in [0.05, 0.1) is 6.20 Å². The van der Waals surface area contributed by atoms with Gasteiger partial charge >= 0.3 is 0 Å². The van der Waals surface area contributed by atoms with Crippen molar-refractivity contribution < 1.29 is 4.79 Å². The minimum absolute atomic E-state index is 0.0735. The number of aromatic amines is 1. The molecule has 2 aromatic rings. The van der Waals surface area contributed by atoms with E-state index in [2.05, 4.69) is 27.6 Å². The van der Waals surface area contributed by atoms with Gasteiger partial charge in [0.1, 0.15) is 0 Å². The van der Waals surface area contributed by atoms with Crippen LogP contribution in [0, 0.1) is 5.92 Å². The molecule has 1 saturated heterocycles.